The van der Waals surface area contributed by atoms with Gasteiger partial charge in [0.05, 0.1) is 46.2 Å². The number of hydrogen-bond donors (Lipinski definition) is 20. The molecule has 6 unspecified atom stereocenters. The van der Waals surface area contributed by atoms with Gasteiger partial charge in [-0.25, -0.2) is 4.79 Å². The number of ether oxygens (including phenoxy) is 9. The molecule has 11 amide bonds. The zero-order chi connectivity index (χ0) is 77.7. The third-order valence-electron chi connectivity index (χ3n) is 16.6. The van der Waals surface area contributed by atoms with E-state index in [1.165, 1.54) is 27.8 Å². The van der Waals surface area contributed by atoms with E-state index in [0.29, 0.717) is 51.4 Å². The van der Waals surface area contributed by atoms with Crippen LogP contribution in [0, 0.1) is 0 Å². The summed E-state index contributed by atoms with van der Waals surface area (Å²) >= 11 is 0. The molecule has 0 aromatic rings. The SMILES string of the molecule is CNC(=O)CCCC(=O)NC(COCCC(=O)NCCCNC(=O)CCCCO[C@@H]1OC(CO)[C@H](O)C(O)[C@@H]1NC(C)=O)(COCCC(=O)NCCCNC(=O)CCCCO[C@@H]1OC(CO)[C@H](O)C(O)[C@@H]1NC(C)=O)COC(=O)NCCCNC(=O)CCCCO[C@@H]1OC(CO)[C@H](O)C(O)[C@@H]1NC(C)=O. The van der Waals surface area contributed by atoms with Crippen molar-refractivity contribution in [3.05, 3.63) is 0 Å². The number of carbonyl (C=O) groups is 11. The van der Waals surface area contributed by atoms with E-state index in [0.717, 1.165) is 0 Å². The number of aliphatic hydroxyl groups excluding tert-OH is 9. The summed E-state index contributed by atoms with van der Waals surface area (Å²) in [5.74, 6) is -4.13. The molecule has 604 valence electrons. The minimum Gasteiger partial charge on any atom is -0.447 e. The van der Waals surface area contributed by atoms with E-state index in [-0.39, 0.29) is 154 Å². The molecule has 0 aromatic heterocycles. The number of hydrogen-bond acceptors (Lipinski definition) is 29. The molecular weight excluding hydrogens is 1400 g/mol. The van der Waals surface area contributed by atoms with Crippen LogP contribution < -0.4 is 58.5 Å². The van der Waals surface area contributed by atoms with Crippen LogP contribution in [0.25, 0.3) is 0 Å². The fraction of sp³-hybridized carbons (Fsp3) is 0.831. The Morgan fingerprint density at radius 2 is 0.657 bits per heavy atom. The minimum atomic E-state index is -1.65. The molecule has 0 aliphatic carbocycles. The van der Waals surface area contributed by atoms with Gasteiger partial charge in [-0.2, -0.15) is 0 Å². The maximum atomic E-state index is 13.6. The summed E-state index contributed by atoms with van der Waals surface area (Å²) in [6, 6.07) is -3.32. The van der Waals surface area contributed by atoms with Crippen LogP contribution in [0.1, 0.15) is 130 Å². The zero-order valence-electron chi connectivity index (χ0n) is 60.4. The summed E-state index contributed by atoms with van der Waals surface area (Å²) in [6.07, 6.45) is -13.5. The van der Waals surface area contributed by atoms with Gasteiger partial charge < -0.3 is 147 Å². The Kier molecular flexibility index (Phi) is 46.1. The molecule has 0 bridgehead atoms. The highest BCUT2D eigenvalue weighted by Gasteiger charge is 2.48. The molecule has 3 saturated heterocycles. The maximum absolute atomic E-state index is 13.6. The van der Waals surface area contributed by atoms with E-state index < -0.39 is 179 Å². The monoisotopic (exact) mass is 1510 g/mol. The first-order valence-corrected chi connectivity index (χ1v) is 35.6. The second-order valence-corrected chi connectivity index (χ2v) is 25.6. The summed E-state index contributed by atoms with van der Waals surface area (Å²) in [5.41, 5.74) is -1.65. The molecule has 0 spiro atoms. The van der Waals surface area contributed by atoms with Crippen molar-refractivity contribution in [2.45, 2.75) is 227 Å². The lowest BCUT2D eigenvalue weighted by molar-refractivity contribution is -0.270. The van der Waals surface area contributed by atoms with E-state index in [4.69, 9.17) is 42.6 Å². The highest BCUT2D eigenvalue weighted by Crippen LogP contribution is 2.26. The van der Waals surface area contributed by atoms with Crippen molar-refractivity contribution in [1.82, 2.24) is 58.5 Å². The van der Waals surface area contributed by atoms with Gasteiger partial charge in [0.15, 0.2) is 18.9 Å². The summed E-state index contributed by atoms with van der Waals surface area (Å²) < 4.78 is 51.2. The topological polar surface area (TPSA) is 585 Å². The quantitative estimate of drug-likeness (QED) is 0.0252. The van der Waals surface area contributed by atoms with Gasteiger partial charge in [0.2, 0.25) is 59.1 Å². The van der Waals surface area contributed by atoms with Crippen LogP contribution in [0.4, 0.5) is 4.79 Å². The minimum absolute atomic E-state index is 0.00522. The van der Waals surface area contributed by atoms with Crippen LogP contribution in [0.3, 0.4) is 0 Å². The number of alkyl carbamates (subject to hydrolysis) is 1. The van der Waals surface area contributed by atoms with Crippen molar-refractivity contribution in [3.8, 4) is 0 Å². The lowest BCUT2D eigenvalue weighted by Gasteiger charge is -2.42. The Bertz CT molecular complexity index is 2520. The number of carbonyl (C=O) groups excluding carboxylic acids is 11. The first-order chi connectivity index (χ1) is 50.2. The molecule has 0 aromatic carbocycles. The van der Waals surface area contributed by atoms with Gasteiger partial charge in [0, 0.05) is 132 Å². The van der Waals surface area contributed by atoms with Crippen molar-refractivity contribution < 1.29 is 141 Å². The second-order valence-electron chi connectivity index (χ2n) is 25.6. The van der Waals surface area contributed by atoms with Crippen LogP contribution in [-0.4, -0.2) is 328 Å². The summed E-state index contributed by atoms with van der Waals surface area (Å²) in [4.78, 5) is 138. The van der Waals surface area contributed by atoms with Gasteiger partial charge in [0.1, 0.15) is 85.2 Å². The number of nitrogens with one attached hydrogen (secondary N) is 11. The zero-order valence-corrected chi connectivity index (χ0v) is 60.4. The number of unbranched alkanes of at least 4 members (excludes halogenated alkanes) is 3. The highest BCUT2D eigenvalue weighted by molar-refractivity contribution is 5.80. The van der Waals surface area contributed by atoms with Crippen LogP contribution >= 0.6 is 0 Å². The molecule has 40 heteroatoms. The predicted octanol–water partition coefficient (Wildman–Crippen LogP) is -7.56. The Morgan fingerprint density at radius 3 is 0.971 bits per heavy atom. The molecule has 3 fully saturated rings. The van der Waals surface area contributed by atoms with Crippen LogP contribution in [-0.2, 0) is 90.6 Å². The average molecular weight is 1510 g/mol. The summed E-state index contributed by atoms with van der Waals surface area (Å²) in [6.45, 7) is 1.18. The fourth-order valence-electron chi connectivity index (χ4n) is 10.9. The standard InChI is InChI=1S/C65H115N11O29/c1-39(80)73-52-58(93)55(90)42(33-77)103-61(52)99-28-8-5-15-46(84)67-22-12-24-70-49(87)20-31-97-36-65(76-51(89)19-11-18-45(83)66-4,38-102-64(96)72-27-14-26-69-48(86)17-7-10-30-101-63-54(75-41(3)82)60(95)57(92)44(35-79)105-63)37-98-32-21-50(88)71-25-13-23-68-47(85)16-6-9-29-100-62-53(74-40(2)81)59(94)56(91)43(34-78)104-62/h42-44,52-63,77-79,90-95H,5-38H2,1-4H3,(H,66,83)(H,67,84)(H,68,85)(H,69,86)(H,70,87)(H,71,88)(H,72,96)(H,73,80)(H,74,81)(H,75,82)(H,76,89)/t42?,43?,44?,52-,53-,54-,55-,56-,57-,58?,59?,60?,61+,62+,63+,65?/m0/s1. The molecular formula is C65H115N11O29. The molecule has 15 atom stereocenters. The second kappa shape index (κ2) is 52.3. The van der Waals surface area contributed by atoms with E-state index in [1.54, 1.807) is 0 Å². The van der Waals surface area contributed by atoms with Crippen molar-refractivity contribution in [2.24, 2.45) is 0 Å². The van der Waals surface area contributed by atoms with E-state index in [2.05, 4.69) is 58.5 Å². The smallest absolute Gasteiger partial charge is 0.407 e. The lowest BCUT2D eigenvalue weighted by Crippen LogP contribution is -2.64. The Labute approximate surface area is 609 Å². The Balaban J connectivity index is 1.52. The van der Waals surface area contributed by atoms with E-state index >= 15 is 0 Å². The molecule has 3 rings (SSSR count). The lowest BCUT2D eigenvalue weighted by atomic mass is 9.97. The number of rotatable bonds is 53. The largest absolute Gasteiger partial charge is 0.447 e. The fourth-order valence-corrected chi connectivity index (χ4v) is 10.9. The van der Waals surface area contributed by atoms with Gasteiger partial charge in [-0.3, -0.25) is 47.9 Å². The van der Waals surface area contributed by atoms with Gasteiger partial charge in [-0.05, 0) is 64.2 Å². The van der Waals surface area contributed by atoms with Crippen molar-refractivity contribution in [3.63, 3.8) is 0 Å². The number of aliphatic hydroxyl groups is 9. The van der Waals surface area contributed by atoms with Gasteiger partial charge in [-0.15, -0.1) is 0 Å². The van der Waals surface area contributed by atoms with Gasteiger partial charge in [0.25, 0.3) is 0 Å². The molecule has 0 saturated carbocycles. The predicted molar refractivity (Wildman–Crippen MR) is 363 cm³/mol. The van der Waals surface area contributed by atoms with Crippen molar-refractivity contribution >= 4 is 65.2 Å². The van der Waals surface area contributed by atoms with E-state index in [9.17, 15) is 98.7 Å². The Morgan fingerprint density at radius 1 is 0.352 bits per heavy atom. The van der Waals surface area contributed by atoms with Crippen molar-refractivity contribution in [1.29, 1.82) is 0 Å². The molecule has 20 N–H and O–H groups in total. The highest BCUT2D eigenvalue weighted by atomic mass is 16.7. The maximum Gasteiger partial charge on any atom is 0.407 e. The van der Waals surface area contributed by atoms with Gasteiger partial charge >= 0.3 is 6.09 Å². The third kappa shape index (κ3) is 37.1. The number of amides is 11. The summed E-state index contributed by atoms with van der Waals surface area (Å²) in [5, 5.41) is 120. The molecule has 3 heterocycles. The van der Waals surface area contributed by atoms with Gasteiger partial charge in [-0.1, -0.05) is 0 Å². The van der Waals surface area contributed by atoms with E-state index in [1.807, 2.05) is 0 Å². The molecule has 40 nitrogen and oxygen atoms in total. The molecule has 105 heavy (non-hydrogen) atoms. The molecule has 3 aliphatic heterocycles. The Hall–Kier alpha value is -6.71. The molecule has 3 aliphatic rings. The third-order valence-corrected chi connectivity index (χ3v) is 16.6. The first-order valence-electron chi connectivity index (χ1n) is 35.6. The van der Waals surface area contributed by atoms with Crippen molar-refractivity contribution in [2.75, 3.05) is 119 Å². The van der Waals surface area contributed by atoms with Crippen LogP contribution in [0.15, 0.2) is 0 Å². The van der Waals surface area contributed by atoms with Crippen LogP contribution in [0.5, 0.6) is 0 Å². The molecule has 0 radical (unpaired) electrons. The van der Waals surface area contributed by atoms with Crippen LogP contribution in [0.2, 0.25) is 0 Å². The summed E-state index contributed by atoms with van der Waals surface area (Å²) in [7, 11) is 1.44. The normalized spacial score (nSPS) is 24.9. The first kappa shape index (κ1) is 92.5. The average Bonchev–Trinajstić information content (AvgIpc) is 0.823.